The van der Waals surface area contributed by atoms with E-state index in [4.69, 9.17) is 10.7 Å². The molecule has 0 radical (unpaired) electrons. The maximum Gasteiger partial charge on any atom is 0.340 e. The molecule has 0 saturated carbocycles. The van der Waals surface area contributed by atoms with E-state index in [2.05, 4.69) is 15.0 Å². The molecule has 0 aliphatic rings. The van der Waals surface area contributed by atoms with Crippen LogP contribution in [0.25, 0.3) is 22.5 Å². The van der Waals surface area contributed by atoms with Gasteiger partial charge in [-0.3, -0.25) is 0 Å². The van der Waals surface area contributed by atoms with Gasteiger partial charge in [-0.15, -0.1) is 0 Å². The highest BCUT2D eigenvalue weighted by Gasteiger charge is 2.17. The molecule has 1 aromatic carbocycles. The maximum absolute atomic E-state index is 13.4. The number of aryl methyl sites for hydroxylation is 2. The van der Waals surface area contributed by atoms with E-state index >= 15 is 0 Å². The molecule has 144 valence electrons. The van der Waals surface area contributed by atoms with Crippen LogP contribution in [0.1, 0.15) is 17.1 Å². The van der Waals surface area contributed by atoms with E-state index in [-0.39, 0.29) is 5.69 Å². The third kappa shape index (κ3) is 2.59. The minimum Gasteiger partial charge on any atom is -0.382 e. The zero-order valence-corrected chi connectivity index (χ0v) is 15.9. The number of para-hydroxylation sites is 1. The Morgan fingerprint density at radius 1 is 1.03 bits per heavy atom. The largest absolute Gasteiger partial charge is 0.382 e. The Balaban J connectivity index is 1.78. The summed E-state index contributed by atoms with van der Waals surface area (Å²) in [4.78, 5) is 30.8. The molecule has 0 saturated heterocycles. The third-order valence-electron chi connectivity index (χ3n) is 5.04. The molecule has 0 atom stereocenters. The van der Waals surface area contributed by atoms with Crippen molar-refractivity contribution in [3.63, 3.8) is 0 Å². The van der Waals surface area contributed by atoms with Crippen molar-refractivity contribution in [2.45, 2.75) is 20.4 Å². The molecule has 0 bridgehead atoms. The summed E-state index contributed by atoms with van der Waals surface area (Å²) in [7, 11) is 0. The molecule has 5 aromatic rings. The molecule has 5 rings (SSSR count). The van der Waals surface area contributed by atoms with E-state index < -0.39 is 0 Å². The molecule has 9 heteroatoms. The van der Waals surface area contributed by atoms with Crippen LogP contribution in [0.3, 0.4) is 0 Å². The minimum atomic E-state index is -0.166. The summed E-state index contributed by atoms with van der Waals surface area (Å²) in [6.07, 6.45) is 3.04. The fraction of sp³-hybridized carbons (Fsp3) is 0.150. The molecule has 4 heterocycles. The summed E-state index contributed by atoms with van der Waals surface area (Å²) in [5, 5.41) is 0. The topological polar surface area (TPSA) is 109 Å². The third-order valence-corrected chi connectivity index (χ3v) is 5.04. The molecular weight excluding hydrogens is 368 g/mol. The van der Waals surface area contributed by atoms with Crippen molar-refractivity contribution >= 4 is 22.6 Å². The zero-order chi connectivity index (χ0) is 20.1. The monoisotopic (exact) mass is 386 g/mol. The van der Waals surface area contributed by atoms with Gasteiger partial charge in [0, 0.05) is 5.69 Å². The van der Waals surface area contributed by atoms with Crippen LogP contribution in [0.4, 0.5) is 5.82 Å². The van der Waals surface area contributed by atoms with Crippen LogP contribution in [0.15, 0.2) is 53.8 Å². The highest BCUT2D eigenvalue weighted by atomic mass is 16.1. The Labute approximate surface area is 165 Å². The van der Waals surface area contributed by atoms with Crippen LogP contribution in [-0.4, -0.2) is 33.5 Å². The van der Waals surface area contributed by atoms with E-state index in [1.807, 2.05) is 54.8 Å². The van der Waals surface area contributed by atoms with E-state index in [0.29, 0.717) is 35.0 Å². The lowest BCUT2D eigenvalue weighted by atomic mass is 10.2. The van der Waals surface area contributed by atoms with Gasteiger partial charge in [0.15, 0.2) is 11.5 Å². The standard InChI is InChI=1S/C20H18N8O/c1-12-5-3-4-6-14(12)28-16(25-15-8-7-13(2)27(15)20(28)29)9-26-11-24-17-18(21)22-10-23-19(17)26/h3-8,10-11H,9H2,1-2H3,(H2,21,22,23). The summed E-state index contributed by atoms with van der Waals surface area (Å²) in [6, 6.07) is 11.5. The number of nitrogen functional groups attached to an aromatic ring is 1. The van der Waals surface area contributed by atoms with Gasteiger partial charge in [-0.1, -0.05) is 18.2 Å². The van der Waals surface area contributed by atoms with Gasteiger partial charge >= 0.3 is 5.69 Å². The van der Waals surface area contributed by atoms with Gasteiger partial charge in [0.1, 0.15) is 23.3 Å². The minimum absolute atomic E-state index is 0.166. The molecule has 9 nitrogen and oxygen atoms in total. The maximum atomic E-state index is 13.4. The second-order valence-electron chi connectivity index (χ2n) is 6.90. The number of benzene rings is 1. The van der Waals surface area contributed by atoms with E-state index in [1.54, 1.807) is 15.3 Å². The fourth-order valence-electron chi connectivity index (χ4n) is 3.58. The van der Waals surface area contributed by atoms with Crippen LogP contribution in [0.2, 0.25) is 0 Å². The summed E-state index contributed by atoms with van der Waals surface area (Å²) in [6.45, 7) is 4.16. The fourth-order valence-corrected chi connectivity index (χ4v) is 3.58. The normalized spacial score (nSPS) is 11.5. The van der Waals surface area contributed by atoms with Crippen LogP contribution in [0, 0.1) is 13.8 Å². The molecular formula is C20H18N8O. The van der Waals surface area contributed by atoms with Crippen molar-refractivity contribution in [3.05, 3.63) is 76.6 Å². The smallest absolute Gasteiger partial charge is 0.340 e. The van der Waals surface area contributed by atoms with Crippen LogP contribution >= 0.6 is 0 Å². The Hall–Kier alpha value is -4.01. The van der Waals surface area contributed by atoms with Gasteiger partial charge in [-0.05, 0) is 37.6 Å². The lowest BCUT2D eigenvalue weighted by molar-refractivity contribution is 0.685. The van der Waals surface area contributed by atoms with Gasteiger partial charge in [-0.25, -0.2) is 33.7 Å². The van der Waals surface area contributed by atoms with Crippen LogP contribution in [0.5, 0.6) is 0 Å². The molecule has 4 aromatic heterocycles. The van der Waals surface area contributed by atoms with Crippen molar-refractivity contribution in [2.24, 2.45) is 0 Å². The first-order valence-corrected chi connectivity index (χ1v) is 9.12. The SMILES string of the molecule is Cc1ccccc1-n1c(Cn2cnc3c(N)ncnc32)nc2ccc(C)n2c1=O. The quantitative estimate of drug-likeness (QED) is 0.507. The number of hydrogen-bond acceptors (Lipinski definition) is 6. The highest BCUT2D eigenvalue weighted by Crippen LogP contribution is 2.18. The van der Waals surface area contributed by atoms with Crippen LogP contribution < -0.4 is 11.4 Å². The second-order valence-corrected chi connectivity index (χ2v) is 6.90. The number of hydrogen-bond donors (Lipinski definition) is 1. The first kappa shape index (κ1) is 17.1. The van der Waals surface area contributed by atoms with E-state index in [1.165, 1.54) is 6.33 Å². The van der Waals surface area contributed by atoms with Gasteiger partial charge < -0.3 is 10.3 Å². The van der Waals surface area contributed by atoms with Crippen LogP contribution in [-0.2, 0) is 6.54 Å². The highest BCUT2D eigenvalue weighted by molar-refractivity contribution is 5.81. The summed E-state index contributed by atoms with van der Waals surface area (Å²) >= 11 is 0. The molecule has 0 aliphatic carbocycles. The number of nitrogens with two attached hydrogens (primary N) is 1. The molecule has 29 heavy (non-hydrogen) atoms. The van der Waals surface area contributed by atoms with E-state index in [0.717, 1.165) is 16.9 Å². The number of rotatable bonds is 3. The predicted octanol–water partition coefficient (Wildman–Crippen LogP) is 1.87. The Kier molecular flexibility index (Phi) is 3.70. The van der Waals surface area contributed by atoms with Gasteiger partial charge in [0.2, 0.25) is 0 Å². The lowest BCUT2D eigenvalue weighted by Gasteiger charge is -2.16. The first-order valence-electron chi connectivity index (χ1n) is 9.12. The van der Waals surface area contributed by atoms with Gasteiger partial charge in [0.05, 0.1) is 18.6 Å². The molecule has 0 fully saturated rings. The Morgan fingerprint density at radius 2 is 1.86 bits per heavy atom. The van der Waals surface area contributed by atoms with Crippen molar-refractivity contribution in [3.8, 4) is 5.69 Å². The Morgan fingerprint density at radius 3 is 2.69 bits per heavy atom. The number of anilines is 1. The van der Waals surface area contributed by atoms with Gasteiger partial charge in [-0.2, -0.15) is 0 Å². The molecule has 0 spiro atoms. The molecule has 0 amide bonds. The second kappa shape index (κ2) is 6.26. The Bertz CT molecular complexity index is 1440. The summed E-state index contributed by atoms with van der Waals surface area (Å²) in [5.41, 5.74) is 10.1. The van der Waals surface area contributed by atoms with E-state index in [9.17, 15) is 4.79 Å². The molecule has 0 aliphatic heterocycles. The predicted molar refractivity (Wildman–Crippen MR) is 109 cm³/mol. The van der Waals surface area contributed by atoms with Crippen molar-refractivity contribution in [1.29, 1.82) is 0 Å². The summed E-state index contributed by atoms with van der Waals surface area (Å²) in [5.74, 6) is 0.891. The number of fused-ring (bicyclic) bond motifs is 2. The first-order chi connectivity index (χ1) is 14.0. The zero-order valence-electron chi connectivity index (χ0n) is 15.9. The van der Waals surface area contributed by atoms with Gasteiger partial charge in [0.25, 0.3) is 0 Å². The number of nitrogens with zero attached hydrogens (tertiary/aromatic N) is 7. The number of aromatic nitrogens is 7. The average molecular weight is 386 g/mol. The van der Waals surface area contributed by atoms with Crippen molar-refractivity contribution in [2.75, 3.05) is 5.73 Å². The van der Waals surface area contributed by atoms with Crippen molar-refractivity contribution < 1.29 is 0 Å². The molecule has 2 N–H and O–H groups in total. The average Bonchev–Trinajstić information content (AvgIpc) is 3.28. The van der Waals surface area contributed by atoms with Crippen molar-refractivity contribution in [1.82, 2.24) is 33.5 Å². The summed E-state index contributed by atoms with van der Waals surface area (Å²) < 4.78 is 5.07. The number of imidazole rings is 1. The molecule has 0 unspecified atom stereocenters. The lowest BCUT2D eigenvalue weighted by Crippen LogP contribution is -2.31.